The van der Waals surface area contributed by atoms with Crippen molar-refractivity contribution < 1.29 is 53.3 Å². The second kappa shape index (κ2) is 18.2. The second-order valence-corrected chi connectivity index (χ2v) is 11.5. The minimum Gasteiger partial charge on any atom is -0.493 e. The number of carbonyl (C=O) groups is 1. The molecule has 5 unspecified atom stereocenters. The first-order valence-electron chi connectivity index (χ1n) is 16.2. The lowest BCUT2D eigenvalue weighted by Crippen LogP contribution is -2.59. The molecule has 0 saturated carbocycles. The van der Waals surface area contributed by atoms with Crippen LogP contribution in [0.25, 0.3) is 6.08 Å². The summed E-state index contributed by atoms with van der Waals surface area (Å²) in [5, 5.41) is 31.4. The van der Waals surface area contributed by atoms with E-state index in [1.807, 2.05) is 72.8 Å². The Labute approximate surface area is 291 Å². The number of carbonyl (C=O) groups excluding carboxylic acids is 1. The smallest absolute Gasteiger partial charge is 0.330 e. The van der Waals surface area contributed by atoms with E-state index in [1.165, 1.54) is 6.08 Å². The molecular weight excluding hydrogens is 644 g/mol. The Balaban J connectivity index is 1.16. The van der Waals surface area contributed by atoms with E-state index in [2.05, 4.69) is 0 Å². The minimum atomic E-state index is -1.58. The number of aliphatic hydroxyl groups is 3. The molecule has 1 heterocycles. The topological polar surface area (TPSA) is 142 Å². The highest BCUT2D eigenvalue weighted by atomic mass is 16.7. The molecule has 264 valence electrons. The molecule has 11 nitrogen and oxygen atoms in total. The highest BCUT2D eigenvalue weighted by Crippen LogP contribution is 2.31. The molecule has 0 aromatic heterocycles. The molecule has 3 N–H and O–H groups in total. The number of hydrogen-bond donors (Lipinski definition) is 3. The predicted molar refractivity (Wildman–Crippen MR) is 184 cm³/mol. The third-order valence-corrected chi connectivity index (χ3v) is 8.03. The van der Waals surface area contributed by atoms with E-state index < -0.39 is 36.7 Å². The fraction of sp³-hybridized carbons (Fsp3) is 0.308. The quantitative estimate of drug-likeness (QED) is 0.113. The molecule has 0 amide bonds. The van der Waals surface area contributed by atoms with Gasteiger partial charge in [-0.05, 0) is 59.0 Å². The van der Waals surface area contributed by atoms with Crippen molar-refractivity contribution in [3.63, 3.8) is 0 Å². The predicted octanol–water partition coefficient (Wildman–Crippen LogP) is 4.49. The molecule has 1 saturated heterocycles. The summed E-state index contributed by atoms with van der Waals surface area (Å²) in [7, 11) is 3.09. The molecule has 4 aromatic carbocycles. The molecule has 0 bridgehead atoms. The Bertz CT molecular complexity index is 1680. The number of methoxy groups -OCH3 is 2. The van der Waals surface area contributed by atoms with E-state index in [0.717, 1.165) is 16.7 Å². The summed E-state index contributed by atoms with van der Waals surface area (Å²) in [4.78, 5) is 12.7. The van der Waals surface area contributed by atoms with E-state index in [4.69, 9.17) is 33.2 Å². The lowest BCUT2D eigenvalue weighted by atomic mass is 9.99. The van der Waals surface area contributed by atoms with Gasteiger partial charge in [0.05, 0.1) is 20.8 Å². The van der Waals surface area contributed by atoms with Crippen LogP contribution >= 0.6 is 0 Å². The van der Waals surface area contributed by atoms with Crippen LogP contribution in [0.5, 0.6) is 23.0 Å². The van der Waals surface area contributed by atoms with Gasteiger partial charge in [-0.15, -0.1) is 0 Å². The number of benzene rings is 4. The fourth-order valence-electron chi connectivity index (χ4n) is 5.23. The third kappa shape index (κ3) is 10.1. The van der Waals surface area contributed by atoms with Crippen LogP contribution in [0.1, 0.15) is 22.3 Å². The standard InChI is InChI=1S/C39H42O11/c1-44-30-16-13-27(21-32(30)45-2)19-20-46-39-38(43)37(42)36(41)34(50-39)25-49-35(40)18-15-26-14-17-31(47-23-28-9-5-3-6-10-28)33(22-26)48-24-29-11-7-4-8-12-29/h3-18,21-22,34,36-39,41-43H,19-20,23-25H2,1-2H3/b18-15+. The van der Waals surface area contributed by atoms with Gasteiger partial charge in [0, 0.05) is 6.08 Å². The van der Waals surface area contributed by atoms with Crippen LogP contribution in [-0.4, -0.2) is 79.4 Å². The summed E-state index contributed by atoms with van der Waals surface area (Å²) in [5.74, 6) is 1.50. The van der Waals surface area contributed by atoms with Gasteiger partial charge in [-0.25, -0.2) is 4.79 Å². The molecule has 1 aliphatic rings. The normalized spacial score (nSPS) is 20.3. The van der Waals surface area contributed by atoms with Gasteiger partial charge in [0.2, 0.25) is 0 Å². The van der Waals surface area contributed by atoms with Crippen LogP contribution in [-0.2, 0) is 38.6 Å². The van der Waals surface area contributed by atoms with Gasteiger partial charge in [0.25, 0.3) is 0 Å². The summed E-state index contributed by atoms with van der Waals surface area (Å²) in [6.07, 6.45) is -3.77. The van der Waals surface area contributed by atoms with Crippen molar-refractivity contribution in [1.82, 2.24) is 0 Å². The summed E-state index contributed by atoms with van der Waals surface area (Å²) in [6, 6.07) is 30.3. The number of aliphatic hydroxyl groups excluding tert-OH is 3. The van der Waals surface area contributed by atoms with Gasteiger partial charge in [0.15, 0.2) is 29.3 Å². The molecule has 1 fully saturated rings. The summed E-state index contributed by atoms with van der Waals surface area (Å²) < 4.78 is 39.5. The Hall–Kier alpha value is -4.91. The maximum atomic E-state index is 12.7. The zero-order chi connectivity index (χ0) is 35.3. The van der Waals surface area contributed by atoms with Crippen molar-refractivity contribution in [2.24, 2.45) is 0 Å². The molecule has 11 heteroatoms. The van der Waals surface area contributed by atoms with Crippen molar-refractivity contribution in [2.45, 2.75) is 50.3 Å². The Morgan fingerprint density at radius 3 is 2.00 bits per heavy atom. The van der Waals surface area contributed by atoms with Gasteiger partial charge in [-0.1, -0.05) is 72.8 Å². The van der Waals surface area contributed by atoms with Gasteiger partial charge in [0.1, 0.15) is 44.2 Å². The number of esters is 1. The third-order valence-electron chi connectivity index (χ3n) is 8.03. The Morgan fingerprint density at radius 2 is 1.34 bits per heavy atom. The van der Waals surface area contributed by atoms with E-state index in [9.17, 15) is 20.1 Å². The maximum Gasteiger partial charge on any atom is 0.330 e. The summed E-state index contributed by atoms with van der Waals surface area (Å²) >= 11 is 0. The van der Waals surface area contributed by atoms with Gasteiger partial charge in [-0.2, -0.15) is 0 Å². The maximum absolute atomic E-state index is 12.7. The zero-order valence-electron chi connectivity index (χ0n) is 27.9. The molecule has 4 aromatic rings. The van der Waals surface area contributed by atoms with Crippen LogP contribution < -0.4 is 18.9 Å². The number of rotatable bonds is 16. The molecule has 0 aliphatic carbocycles. The lowest BCUT2D eigenvalue weighted by Gasteiger charge is -2.39. The van der Waals surface area contributed by atoms with Crippen LogP contribution in [0.2, 0.25) is 0 Å². The van der Waals surface area contributed by atoms with Crippen molar-refractivity contribution in [3.8, 4) is 23.0 Å². The first kappa shape index (κ1) is 36.4. The molecule has 5 rings (SSSR count). The highest BCUT2D eigenvalue weighted by molar-refractivity contribution is 5.87. The van der Waals surface area contributed by atoms with E-state index >= 15 is 0 Å². The van der Waals surface area contributed by atoms with Crippen LogP contribution in [0.4, 0.5) is 0 Å². The average molecular weight is 687 g/mol. The van der Waals surface area contributed by atoms with Crippen LogP contribution in [0, 0.1) is 0 Å². The van der Waals surface area contributed by atoms with Gasteiger partial charge in [-0.3, -0.25) is 0 Å². The monoisotopic (exact) mass is 686 g/mol. The number of hydrogen-bond acceptors (Lipinski definition) is 11. The minimum absolute atomic E-state index is 0.127. The van der Waals surface area contributed by atoms with Crippen LogP contribution in [0.3, 0.4) is 0 Å². The summed E-state index contributed by atoms with van der Waals surface area (Å²) in [6.45, 7) is 0.418. The van der Waals surface area contributed by atoms with E-state index in [0.29, 0.717) is 48.2 Å². The molecular formula is C39H42O11. The fourth-order valence-corrected chi connectivity index (χ4v) is 5.23. The number of ether oxygens (including phenoxy) is 7. The second-order valence-electron chi connectivity index (χ2n) is 11.5. The van der Waals surface area contributed by atoms with E-state index in [-0.39, 0.29) is 13.2 Å². The zero-order valence-corrected chi connectivity index (χ0v) is 27.9. The van der Waals surface area contributed by atoms with Crippen LogP contribution in [0.15, 0.2) is 103 Å². The van der Waals surface area contributed by atoms with Crippen molar-refractivity contribution in [2.75, 3.05) is 27.4 Å². The van der Waals surface area contributed by atoms with Crippen molar-refractivity contribution in [1.29, 1.82) is 0 Å². The van der Waals surface area contributed by atoms with Crippen molar-refractivity contribution >= 4 is 12.0 Å². The van der Waals surface area contributed by atoms with E-state index in [1.54, 1.807) is 44.6 Å². The first-order chi connectivity index (χ1) is 24.3. The molecule has 5 atom stereocenters. The van der Waals surface area contributed by atoms with Gasteiger partial charge >= 0.3 is 5.97 Å². The summed E-state index contributed by atoms with van der Waals surface area (Å²) in [5.41, 5.74) is 3.54. The Morgan fingerprint density at radius 1 is 0.700 bits per heavy atom. The molecule has 0 radical (unpaired) electrons. The lowest BCUT2D eigenvalue weighted by molar-refractivity contribution is -0.301. The first-order valence-corrected chi connectivity index (χ1v) is 16.2. The SMILES string of the molecule is COc1ccc(CCOC2OC(COC(=O)/C=C/c3ccc(OCc4ccccc4)c(OCc4ccccc4)c3)C(O)C(O)C2O)cc1OC. The van der Waals surface area contributed by atoms with Gasteiger partial charge < -0.3 is 48.5 Å². The molecule has 0 spiro atoms. The van der Waals surface area contributed by atoms with Crippen molar-refractivity contribution in [3.05, 3.63) is 125 Å². The molecule has 1 aliphatic heterocycles. The Kier molecular flexibility index (Phi) is 13.2. The largest absolute Gasteiger partial charge is 0.493 e. The highest BCUT2D eigenvalue weighted by Gasteiger charge is 2.44. The average Bonchev–Trinajstić information content (AvgIpc) is 3.16. The molecule has 50 heavy (non-hydrogen) atoms.